The minimum Gasteiger partial charge on any atom is -0.443 e. The summed E-state index contributed by atoms with van der Waals surface area (Å²) in [7, 11) is 0. The van der Waals surface area contributed by atoms with Crippen LogP contribution in [0.2, 0.25) is 0 Å². The topological polar surface area (TPSA) is 98.2 Å². The molecule has 2 aromatic carbocycles. The highest BCUT2D eigenvalue weighted by molar-refractivity contribution is 5.99. The van der Waals surface area contributed by atoms with Crippen molar-refractivity contribution in [3.05, 3.63) is 89.5 Å². The molecule has 0 unspecified atom stereocenters. The Bertz CT molecular complexity index is 1030. The first kappa shape index (κ1) is 19.9. The van der Waals surface area contributed by atoms with Crippen molar-refractivity contribution in [3.8, 4) is 0 Å². The van der Waals surface area contributed by atoms with E-state index in [1.165, 1.54) is 19.3 Å². The average Bonchev–Trinajstić information content (AvgIpc) is 2.73. The molecule has 7 heteroatoms. The second kappa shape index (κ2) is 8.88. The van der Waals surface area contributed by atoms with Gasteiger partial charge in [-0.1, -0.05) is 42.5 Å². The smallest absolute Gasteiger partial charge is 0.359 e. The molecule has 7 nitrogen and oxygen atoms in total. The highest BCUT2D eigenvalue weighted by Gasteiger charge is 2.26. The van der Waals surface area contributed by atoms with Crippen molar-refractivity contribution in [2.45, 2.75) is 20.0 Å². The molecular weight excluding hydrogens is 370 g/mol. The van der Waals surface area contributed by atoms with Gasteiger partial charge in [0.05, 0.1) is 11.9 Å². The standard InChI is InChI=1S/C22H19N3O4/c1-14-12-24-19(13-23-14)22(28)29-20(16-7-4-3-5-8-16)21(27)25-18-10-6-9-17(11-18)15(2)26/h3-13,20H,1-2H3,(H,25,27)/t20-/m1/s1. The van der Waals surface area contributed by atoms with Gasteiger partial charge in [0.15, 0.2) is 11.5 Å². The Morgan fingerprint density at radius 2 is 1.72 bits per heavy atom. The van der Waals surface area contributed by atoms with Crippen LogP contribution in [-0.2, 0) is 9.53 Å². The molecule has 1 N–H and O–H groups in total. The van der Waals surface area contributed by atoms with Crippen LogP contribution < -0.4 is 5.32 Å². The molecule has 3 rings (SSSR count). The number of ether oxygens (including phenoxy) is 1. The zero-order valence-corrected chi connectivity index (χ0v) is 16.0. The van der Waals surface area contributed by atoms with E-state index in [4.69, 9.17) is 4.74 Å². The van der Waals surface area contributed by atoms with E-state index in [0.29, 0.717) is 22.5 Å². The maximum Gasteiger partial charge on any atom is 0.359 e. The molecule has 0 fully saturated rings. The maximum atomic E-state index is 12.9. The van der Waals surface area contributed by atoms with E-state index in [1.807, 2.05) is 0 Å². The van der Waals surface area contributed by atoms with Gasteiger partial charge in [0.25, 0.3) is 5.91 Å². The van der Waals surface area contributed by atoms with Gasteiger partial charge in [-0.3, -0.25) is 14.6 Å². The number of anilines is 1. The third kappa shape index (κ3) is 5.10. The number of carbonyl (C=O) groups is 3. The van der Waals surface area contributed by atoms with Crippen molar-refractivity contribution in [2.24, 2.45) is 0 Å². The molecule has 0 spiro atoms. The third-order valence-electron chi connectivity index (χ3n) is 4.09. The maximum absolute atomic E-state index is 12.9. The van der Waals surface area contributed by atoms with Crippen LogP contribution in [0.5, 0.6) is 0 Å². The number of benzene rings is 2. The van der Waals surface area contributed by atoms with E-state index in [2.05, 4.69) is 15.3 Å². The van der Waals surface area contributed by atoms with Gasteiger partial charge in [0.2, 0.25) is 6.10 Å². The minimum absolute atomic E-state index is 0.00269. The van der Waals surface area contributed by atoms with Crippen LogP contribution in [0.15, 0.2) is 67.0 Å². The van der Waals surface area contributed by atoms with E-state index in [0.717, 1.165) is 0 Å². The predicted molar refractivity (Wildman–Crippen MR) is 106 cm³/mol. The van der Waals surface area contributed by atoms with Gasteiger partial charge < -0.3 is 10.1 Å². The number of esters is 1. The van der Waals surface area contributed by atoms with Crippen molar-refractivity contribution >= 4 is 23.3 Å². The summed E-state index contributed by atoms with van der Waals surface area (Å²) in [5.74, 6) is -1.44. The molecule has 0 saturated carbocycles. The summed E-state index contributed by atoms with van der Waals surface area (Å²) in [6.45, 7) is 3.19. The van der Waals surface area contributed by atoms with Gasteiger partial charge in [0, 0.05) is 23.0 Å². The number of amides is 1. The first-order chi connectivity index (χ1) is 13.9. The third-order valence-corrected chi connectivity index (χ3v) is 4.09. The lowest BCUT2D eigenvalue weighted by Crippen LogP contribution is -2.26. The molecule has 0 aliphatic carbocycles. The van der Waals surface area contributed by atoms with Gasteiger partial charge >= 0.3 is 5.97 Å². The Hall–Kier alpha value is -3.87. The lowest BCUT2D eigenvalue weighted by Gasteiger charge is -2.18. The highest BCUT2D eigenvalue weighted by Crippen LogP contribution is 2.22. The van der Waals surface area contributed by atoms with Crippen LogP contribution in [0.25, 0.3) is 0 Å². The molecule has 1 aromatic heterocycles. The van der Waals surface area contributed by atoms with Gasteiger partial charge in [-0.15, -0.1) is 0 Å². The lowest BCUT2D eigenvalue weighted by atomic mass is 10.1. The number of aryl methyl sites for hydroxylation is 1. The van der Waals surface area contributed by atoms with Crippen LogP contribution in [0.4, 0.5) is 5.69 Å². The molecular formula is C22H19N3O4. The number of aromatic nitrogens is 2. The normalized spacial score (nSPS) is 11.4. The first-order valence-corrected chi connectivity index (χ1v) is 8.90. The molecule has 29 heavy (non-hydrogen) atoms. The molecule has 0 bridgehead atoms. The summed E-state index contributed by atoms with van der Waals surface area (Å²) >= 11 is 0. The van der Waals surface area contributed by atoms with Gasteiger partial charge in [-0.05, 0) is 26.0 Å². The number of nitrogens with zero attached hydrogens (tertiary/aromatic N) is 2. The van der Waals surface area contributed by atoms with Crippen molar-refractivity contribution in [1.29, 1.82) is 0 Å². The zero-order chi connectivity index (χ0) is 20.8. The molecule has 1 heterocycles. The fourth-order valence-corrected chi connectivity index (χ4v) is 2.59. The highest BCUT2D eigenvalue weighted by atomic mass is 16.5. The number of hydrogen-bond donors (Lipinski definition) is 1. The molecule has 146 valence electrons. The molecule has 0 aliphatic heterocycles. The van der Waals surface area contributed by atoms with Gasteiger partial charge in [0.1, 0.15) is 0 Å². The first-order valence-electron chi connectivity index (χ1n) is 8.90. The number of rotatable bonds is 6. The number of nitrogens with one attached hydrogen (secondary N) is 1. The van der Waals surface area contributed by atoms with Crippen molar-refractivity contribution in [1.82, 2.24) is 9.97 Å². The fourth-order valence-electron chi connectivity index (χ4n) is 2.59. The van der Waals surface area contributed by atoms with Crippen LogP contribution in [0, 0.1) is 6.92 Å². The van der Waals surface area contributed by atoms with E-state index in [-0.39, 0.29) is 11.5 Å². The second-order valence-corrected chi connectivity index (χ2v) is 6.37. The van der Waals surface area contributed by atoms with Crippen molar-refractivity contribution in [3.63, 3.8) is 0 Å². The van der Waals surface area contributed by atoms with Gasteiger partial charge in [-0.2, -0.15) is 0 Å². The van der Waals surface area contributed by atoms with Crippen LogP contribution >= 0.6 is 0 Å². The number of carbonyl (C=O) groups excluding carboxylic acids is 3. The molecule has 1 atom stereocenters. The molecule has 0 saturated heterocycles. The number of Topliss-reactive ketones (excluding diaryl/α,β-unsaturated/α-hetero) is 1. The Morgan fingerprint density at radius 3 is 2.38 bits per heavy atom. The van der Waals surface area contributed by atoms with Crippen LogP contribution in [0.3, 0.4) is 0 Å². The summed E-state index contributed by atoms with van der Waals surface area (Å²) in [5.41, 5.74) is 2.05. The van der Waals surface area contributed by atoms with E-state index >= 15 is 0 Å². The fraction of sp³-hybridized carbons (Fsp3) is 0.136. The second-order valence-electron chi connectivity index (χ2n) is 6.37. The van der Waals surface area contributed by atoms with E-state index in [1.54, 1.807) is 61.5 Å². The summed E-state index contributed by atoms with van der Waals surface area (Å²) in [5, 5.41) is 2.70. The molecule has 0 radical (unpaired) electrons. The van der Waals surface area contributed by atoms with Crippen molar-refractivity contribution < 1.29 is 19.1 Å². The summed E-state index contributed by atoms with van der Waals surface area (Å²) < 4.78 is 5.45. The Balaban J connectivity index is 1.84. The summed E-state index contributed by atoms with van der Waals surface area (Å²) in [6.07, 6.45) is 1.54. The summed E-state index contributed by atoms with van der Waals surface area (Å²) in [4.78, 5) is 45.0. The van der Waals surface area contributed by atoms with Gasteiger partial charge in [-0.25, -0.2) is 9.78 Å². The SMILES string of the molecule is CC(=O)c1cccc(NC(=O)[C@H](OC(=O)c2cnc(C)cn2)c2ccccc2)c1. The molecule has 1 amide bonds. The van der Waals surface area contributed by atoms with E-state index < -0.39 is 18.0 Å². The molecule has 3 aromatic rings. The largest absolute Gasteiger partial charge is 0.443 e. The van der Waals surface area contributed by atoms with Crippen LogP contribution in [-0.4, -0.2) is 27.6 Å². The quantitative estimate of drug-likeness (QED) is 0.512. The minimum atomic E-state index is -1.20. The lowest BCUT2D eigenvalue weighted by molar-refractivity contribution is -0.125. The van der Waals surface area contributed by atoms with Crippen LogP contribution in [0.1, 0.15) is 45.1 Å². The Labute approximate surface area is 167 Å². The monoisotopic (exact) mass is 389 g/mol. The Kier molecular flexibility index (Phi) is 6.09. The van der Waals surface area contributed by atoms with Crippen molar-refractivity contribution in [2.75, 3.05) is 5.32 Å². The number of ketones is 1. The average molecular weight is 389 g/mol. The predicted octanol–water partition coefficient (Wildman–Crippen LogP) is 3.52. The zero-order valence-electron chi connectivity index (χ0n) is 16.0. The summed E-state index contributed by atoms with van der Waals surface area (Å²) in [6, 6.07) is 15.2. The molecule has 0 aliphatic rings. The Morgan fingerprint density at radius 1 is 0.966 bits per heavy atom. The van der Waals surface area contributed by atoms with E-state index in [9.17, 15) is 14.4 Å². The number of hydrogen-bond acceptors (Lipinski definition) is 6.